The standard InChI is InChI=1S/C21H27N3O3/c1-23-17-8-14(27-2)5-6-15(17)19-20(23)16(9-25)22-10-21(19)11-24(12-21)18(26)7-13-3-4-13/h5-6,8,13,16,22,25H,3-4,7,9-12H2,1-2H3/t16-/m1/s1. The van der Waals surface area contributed by atoms with E-state index in [0.29, 0.717) is 18.2 Å². The van der Waals surface area contributed by atoms with E-state index in [2.05, 4.69) is 29.1 Å². The summed E-state index contributed by atoms with van der Waals surface area (Å²) in [5.74, 6) is 1.76. The number of aromatic nitrogens is 1. The number of benzene rings is 1. The number of aliphatic hydroxyl groups excluding tert-OH is 1. The lowest BCUT2D eigenvalue weighted by molar-refractivity contribution is -0.139. The van der Waals surface area contributed by atoms with Crippen LogP contribution in [0.4, 0.5) is 0 Å². The molecule has 3 aliphatic rings. The second kappa shape index (κ2) is 5.97. The van der Waals surface area contributed by atoms with Crippen LogP contribution in [0, 0.1) is 5.92 Å². The number of aryl methyl sites for hydroxylation is 1. The van der Waals surface area contributed by atoms with E-state index < -0.39 is 0 Å². The van der Waals surface area contributed by atoms with Crippen LogP contribution in [0.1, 0.15) is 36.6 Å². The number of ether oxygens (including phenoxy) is 1. The molecular weight excluding hydrogens is 342 g/mol. The van der Waals surface area contributed by atoms with Crippen molar-refractivity contribution in [2.45, 2.75) is 30.7 Å². The van der Waals surface area contributed by atoms with Gasteiger partial charge in [0.1, 0.15) is 5.75 Å². The molecule has 1 atom stereocenters. The Labute approximate surface area is 159 Å². The molecule has 144 valence electrons. The van der Waals surface area contributed by atoms with Crippen LogP contribution in [-0.2, 0) is 17.3 Å². The van der Waals surface area contributed by atoms with E-state index in [1.165, 1.54) is 23.8 Å². The summed E-state index contributed by atoms with van der Waals surface area (Å²) < 4.78 is 7.59. The Morgan fingerprint density at radius 2 is 2.15 bits per heavy atom. The zero-order valence-electron chi connectivity index (χ0n) is 16.0. The normalized spacial score (nSPS) is 23.4. The first kappa shape index (κ1) is 17.1. The molecule has 2 aromatic rings. The van der Waals surface area contributed by atoms with E-state index in [1.54, 1.807) is 7.11 Å². The van der Waals surface area contributed by atoms with E-state index in [1.807, 2.05) is 11.0 Å². The maximum absolute atomic E-state index is 12.5. The average Bonchev–Trinajstić information content (AvgIpc) is 3.42. The number of aliphatic hydroxyl groups is 1. The van der Waals surface area contributed by atoms with Gasteiger partial charge in [-0.05, 0) is 36.5 Å². The lowest BCUT2D eigenvalue weighted by Crippen LogP contribution is -2.67. The molecule has 0 radical (unpaired) electrons. The lowest BCUT2D eigenvalue weighted by atomic mass is 9.69. The van der Waals surface area contributed by atoms with Crippen molar-refractivity contribution in [3.05, 3.63) is 29.5 Å². The van der Waals surface area contributed by atoms with E-state index in [0.717, 1.165) is 36.6 Å². The Kier molecular flexibility index (Phi) is 3.78. The second-order valence-corrected chi connectivity index (χ2v) is 8.50. The number of carbonyl (C=O) groups is 1. The minimum absolute atomic E-state index is 0.0612. The summed E-state index contributed by atoms with van der Waals surface area (Å²) >= 11 is 0. The minimum Gasteiger partial charge on any atom is -0.497 e. The van der Waals surface area contributed by atoms with Crippen LogP contribution >= 0.6 is 0 Å². The minimum atomic E-state index is -0.0785. The highest BCUT2D eigenvalue weighted by molar-refractivity contribution is 5.89. The molecule has 1 aromatic heterocycles. The van der Waals surface area contributed by atoms with Crippen molar-refractivity contribution in [3.63, 3.8) is 0 Å². The van der Waals surface area contributed by atoms with Crippen LogP contribution in [0.5, 0.6) is 5.75 Å². The third-order valence-corrected chi connectivity index (χ3v) is 6.68. The largest absolute Gasteiger partial charge is 0.497 e. The molecule has 6 heteroatoms. The predicted octanol–water partition coefficient (Wildman–Crippen LogP) is 1.70. The van der Waals surface area contributed by atoms with Crippen LogP contribution in [-0.4, -0.2) is 53.8 Å². The third kappa shape index (κ3) is 2.50. The van der Waals surface area contributed by atoms with Crippen molar-refractivity contribution in [1.29, 1.82) is 0 Å². The van der Waals surface area contributed by atoms with Crippen molar-refractivity contribution in [2.75, 3.05) is 33.4 Å². The third-order valence-electron chi connectivity index (χ3n) is 6.68. The molecule has 1 saturated heterocycles. The zero-order chi connectivity index (χ0) is 18.8. The van der Waals surface area contributed by atoms with E-state index >= 15 is 0 Å². The number of nitrogens with zero attached hydrogens (tertiary/aromatic N) is 2. The first-order valence-electron chi connectivity index (χ1n) is 9.85. The van der Waals surface area contributed by atoms with Crippen molar-refractivity contribution in [3.8, 4) is 5.75 Å². The van der Waals surface area contributed by atoms with Crippen LogP contribution in [0.2, 0.25) is 0 Å². The van der Waals surface area contributed by atoms with E-state index in [4.69, 9.17) is 4.74 Å². The Morgan fingerprint density at radius 1 is 1.37 bits per heavy atom. The van der Waals surface area contributed by atoms with Gasteiger partial charge in [0.2, 0.25) is 5.91 Å². The number of nitrogens with one attached hydrogen (secondary N) is 1. The monoisotopic (exact) mass is 369 g/mol. The molecule has 5 rings (SSSR count). The van der Waals surface area contributed by atoms with Gasteiger partial charge in [0.05, 0.1) is 25.3 Å². The van der Waals surface area contributed by atoms with Gasteiger partial charge in [-0.1, -0.05) is 0 Å². The Balaban J connectivity index is 1.55. The van der Waals surface area contributed by atoms with Crippen molar-refractivity contribution in [2.24, 2.45) is 13.0 Å². The average molecular weight is 369 g/mol. The van der Waals surface area contributed by atoms with Crippen molar-refractivity contribution in [1.82, 2.24) is 14.8 Å². The molecule has 2 N–H and O–H groups in total. The molecule has 2 aliphatic heterocycles. The maximum Gasteiger partial charge on any atom is 0.222 e. The highest BCUT2D eigenvalue weighted by atomic mass is 16.5. The first-order valence-corrected chi connectivity index (χ1v) is 9.85. The summed E-state index contributed by atoms with van der Waals surface area (Å²) in [4.78, 5) is 14.5. The number of fused-ring (bicyclic) bond motifs is 4. The fourth-order valence-electron chi connectivity index (χ4n) is 5.01. The van der Waals surface area contributed by atoms with Gasteiger partial charge < -0.3 is 24.6 Å². The number of rotatable bonds is 4. The van der Waals surface area contributed by atoms with Crippen molar-refractivity contribution >= 4 is 16.8 Å². The summed E-state index contributed by atoms with van der Waals surface area (Å²) in [6, 6.07) is 6.11. The molecule has 3 heterocycles. The first-order chi connectivity index (χ1) is 13.1. The summed E-state index contributed by atoms with van der Waals surface area (Å²) in [5.41, 5.74) is 3.50. The molecule has 0 unspecified atom stereocenters. The molecule has 1 saturated carbocycles. The molecule has 1 amide bonds. The summed E-state index contributed by atoms with van der Waals surface area (Å²) in [5, 5.41) is 14.7. The van der Waals surface area contributed by atoms with Gasteiger partial charge in [-0.2, -0.15) is 0 Å². The number of likely N-dealkylation sites (tertiary alicyclic amines) is 1. The van der Waals surface area contributed by atoms with E-state index in [9.17, 15) is 9.90 Å². The van der Waals surface area contributed by atoms with Crippen molar-refractivity contribution < 1.29 is 14.6 Å². The van der Waals surface area contributed by atoms with Gasteiger partial charge in [-0.3, -0.25) is 4.79 Å². The van der Waals surface area contributed by atoms with Gasteiger partial charge in [-0.25, -0.2) is 0 Å². The van der Waals surface area contributed by atoms with Crippen LogP contribution < -0.4 is 10.1 Å². The summed E-state index contributed by atoms with van der Waals surface area (Å²) in [6.45, 7) is 2.39. The predicted molar refractivity (Wildman–Crippen MR) is 103 cm³/mol. The molecule has 2 fully saturated rings. The number of amides is 1. The fourth-order valence-corrected chi connectivity index (χ4v) is 5.01. The molecule has 1 aromatic carbocycles. The van der Waals surface area contributed by atoms with Gasteiger partial charge in [0.25, 0.3) is 0 Å². The molecule has 1 aliphatic carbocycles. The number of methoxy groups -OCH3 is 1. The van der Waals surface area contributed by atoms with Gasteiger partial charge in [0.15, 0.2) is 0 Å². The summed E-state index contributed by atoms with van der Waals surface area (Å²) in [7, 11) is 3.73. The number of carbonyl (C=O) groups excluding carboxylic acids is 1. The van der Waals surface area contributed by atoms with Gasteiger partial charge >= 0.3 is 0 Å². The number of hydrogen-bond donors (Lipinski definition) is 2. The lowest BCUT2D eigenvalue weighted by Gasteiger charge is -2.53. The van der Waals surface area contributed by atoms with Crippen LogP contribution in [0.15, 0.2) is 18.2 Å². The molecule has 27 heavy (non-hydrogen) atoms. The maximum atomic E-state index is 12.5. The van der Waals surface area contributed by atoms with Gasteiger partial charge in [0, 0.05) is 55.7 Å². The number of hydrogen-bond acceptors (Lipinski definition) is 4. The molecular formula is C21H27N3O3. The highest BCUT2D eigenvalue weighted by Crippen LogP contribution is 2.47. The smallest absolute Gasteiger partial charge is 0.222 e. The second-order valence-electron chi connectivity index (χ2n) is 8.50. The fraction of sp³-hybridized carbons (Fsp3) is 0.571. The molecule has 0 bridgehead atoms. The van der Waals surface area contributed by atoms with Crippen LogP contribution in [0.3, 0.4) is 0 Å². The Hall–Kier alpha value is -2.05. The quantitative estimate of drug-likeness (QED) is 0.861. The van der Waals surface area contributed by atoms with Gasteiger partial charge in [-0.15, -0.1) is 0 Å². The van der Waals surface area contributed by atoms with E-state index in [-0.39, 0.29) is 18.1 Å². The highest BCUT2D eigenvalue weighted by Gasteiger charge is 2.52. The van der Waals surface area contributed by atoms with Crippen LogP contribution in [0.25, 0.3) is 10.9 Å². The SMILES string of the molecule is COc1ccc2c3c(n(C)c2c1)[C@@H](CO)NCC31CN(C(=O)CC2CC2)C1. The molecule has 1 spiro atoms. The summed E-state index contributed by atoms with van der Waals surface area (Å²) in [6.07, 6.45) is 3.13. The zero-order valence-corrected chi connectivity index (χ0v) is 16.0. The Morgan fingerprint density at radius 3 is 2.81 bits per heavy atom. The Bertz CT molecular complexity index is 909. The topological polar surface area (TPSA) is 66.7 Å². The molecule has 6 nitrogen and oxygen atoms in total.